The Morgan fingerprint density at radius 1 is 1.21 bits per heavy atom. The third-order valence-corrected chi connectivity index (χ3v) is 7.29. The van der Waals surface area contributed by atoms with E-state index < -0.39 is 29.6 Å². The summed E-state index contributed by atoms with van der Waals surface area (Å²) in [5.74, 6) is -2.98. The Balaban J connectivity index is 1.66. The zero-order valence-corrected chi connectivity index (χ0v) is 21.0. The summed E-state index contributed by atoms with van der Waals surface area (Å²) in [5, 5.41) is 3.56. The second kappa shape index (κ2) is 10.6. The molecule has 1 aliphatic rings. The number of hydrogen-bond acceptors (Lipinski definition) is 7. The fourth-order valence-electron chi connectivity index (χ4n) is 4.59. The van der Waals surface area contributed by atoms with Crippen LogP contribution in [0.25, 0.3) is 10.9 Å². The summed E-state index contributed by atoms with van der Waals surface area (Å²) in [7, 11) is 0. The first-order valence-corrected chi connectivity index (χ1v) is 12.7. The van der Waals surface area contributed by atoms with E-state index in [2.05, 4.69) is 14.7 Å². The van der Waals surface area contributed by atoms with Crippen LogP contribution >= 0.6 is 11.5 Å². The second-order valence-electron chi connectivity index (χ2n) is 8.84. The number of halogens is 1. The number of carbonyl (C=O) groups is 3. The van der Waals surface area contributed by atoms with Crippen molar-refractivity contribution in [1.82, 2.24) is 14.7 Å². The minimum atomic E-state index is -1.31. The van der Waals surface area contributed by atoms with E-state index in [-0.39, 0.29) is 34.6 Å². The lowest BCUT2D eigenvalue weighted by molar-refractivity contribution is -0.123. The van der Waals surface area contributed by atoms with E-state index in [1.165, 1.54) is 18.2 Å². The molecule has 2 atom stereocenters. The van der Waals surface area contributed by atoms with Crippen LogP contribution in [0, 0.1) is 5.82 Å². The van der Waals surface area contributed by atoms with Crippen LogP contribution in [0.3, 0.4) is 0 Å². The molecule has 2 aromatic carbocycles. The highest BCUT2D eigenvalue weighted by Crippen LogP contribution is 2.36. The monoisotopic (exact) mass is 536 g/mol. The highest BCUT2D eigenvalue weighted by Gasteiger charge is 2.38. The number of nitrogens with two attached hydrogens (primary N) is 2. The number of hydrogen-bond donors (Lipinski definition) is 4. The molecule has 196 valence electrons. The van der Waals surface area contributed by atoms with Crippen molar-refractivity contribution in [2.24, 2.45) is 5.73 Å². The predicted molar refractivity (Wildman–Crippen MR) is 141 cm³/mol. The van der Waals surface area contributed by atoms with Gasteiger partial charge in [0.25, 0.3) is 11.8 Å². The Morgan fingerprint density at radius 3 is 2.68 bits per heavy atom. The zero-order chi connectivity index (χ0) is 26.8. The van der Waals surface area contributed by atoms with Crippen molar-refractivity contribution in [1.29, 1.82) is 0 Å². The van der Waals surface area contributed by atoms with E-state index in [1.54, 1.807) is 24.4 Å². The molecular formula is C26H25FN6O4S. The van der Waals surface area contributed by atoms with Crippen LogP contribution in [0.5, 0.6) is 0 Å². The Labute approximate surface area is 220 Å². The molecule has 4 aromatic rings. The molecule has 3 amide bonds. The summed E-state index contributed by atoms with van der Waals surface area (Å²) in [6, 6.07) is 11.6. The van der Waals surface area contributed by atoms with Gasteiger partial charge in [-0.3, -0.25) is 19.3 Å². The third kappa shape index (κ3) is 4.71. The maximum Gasteiger partial charge on any atom is 0.273 e. The van der Waals surface area contributed by atoms with E-state index in [1.807, 2.05) is 12.1 Å². The smallest absolute Gasteiger partial charge is 0.273 e. The molecule has 1 aliphatic heterocycles. The van der Waals surface area contributed by atoms with Crippen LogP contribution in [0.1, 0.15) is 44.6 Å². The molecule has 0 spiro atoms. The lowest BCUT2D eigenvalue weighted by Crippen LogP contribution is -2.46. The number of nitrogens with one attached hydrogen (secondary N) is 2. The van der Waals surface area contributed by atoms with Crippen LogP contribution in [0.15, 0.2) is 54.7 Å². The van der Waals surface area contributed by atoms with E-state index in [4.69, 9.17) is 16.2 Å². The molecule has 1 saturated heterocycles. The number of anilines is 2. The number of rotatable bonds is 8. The van der Waals surface area contributed by atoms with Crippen molar-refractivity contribution in [3.63, 3.8) is 0 Å². The van der Waals surface area contributed by atoms with Crippen molar-refractivity contribution in [2.45, 2.75) is 25.0 Å². The van der Waals surface area contributed by atoms with Crippen molar-refractivity contribution in [2.75, 3.05) is 23.8 Å². The molecule has 0 saturated carbocycles. The molecule has 38 heavy (non-hydrogen) atoms. The zero-order valence-electron chi connectivity index (χ0n) is 20.1. The van der Waals surface area contributed by atoms with Gasteiger partial charge in [-0.25, -0.2) is 4.39 Å². The number of H-pyrrole nitrogens is 1. The van der Waals surface area contributed by atoms with Crippen molar-refractivity contribution < 1.29 is 23.5 Å². The van der Waals surface area contributed by atoms with Crippen molar-refractivity contribution in [3.8, 4) is 0 Å². The van der Waals surface area contributed by atoms with Crippen molar-refractivity contribution in [3.05, 3.63) is 76.7 Å². The first-order chi connectivity index (χ1) is 18.4. The summed E-state index contributed by atoms with van der Waals surface area (Å²) in [5.41, 5.74) is 11.9. The fraction of sp³-hybridized carbons (Fsp3) is 0.231. The molecule has 0 aliphatic carbocycles. The first-order valence-electron chi connectivity index (χ1n) is 11.9. The van der Waals surface area contributed by atoms with Crippen LogP contribution in [-0.4, -0.2) is 46.3 Å². The molecular weight excluding hydrogens is 511 g/mol. The van der Waals surface area contributed by atoms with Gasteiger partial charge in [-0.2, -0.15) is 4.37 Å². The van der Waals surface area contributed by atoms with Gasteiger partial charge in [0.2, 0.25) is 5.91 Å². The first kappa shape index (κ1) is 25.4. The molecule has 5 rings (SSSR count). The number of ether oxygens (including phenoxy) is 1. The maximum atomic E-state index is 15.3. The van der Waals surface area contributed by atoms with Gasteiger partial charge in [0.05, 0.1) is 17.5 Å². The van der Waals surface area contributed by atoms with Gasteiger partial charge in [-0.05, 0) is 42.6 Å². The summed E-state index contributed by atoms with van der Waals surface area (Å²) in [4.78, 5) is 43.7. The standard InChI is InChI=1S/C26H25FN6O4S/c27-17-8-2-4-10-19(17)33(26(36)23-20(28)21(24(29)34)32-38-23)22(25(35)31-12-14-6-5-11-37-14)16-13-30-18-9-3-1-7-15(16)18/h1-4,7-10,13-14,22,30H,5-6,11-12,28H2,(H2,29,34)(H,31,35)/t14-,22-/m0/s1. The third-order valence-electron chi connectivity index (χ3n) is 6.44. The number of aromatic nitrogens is 2. The number of benzene rings is 2. The number of nitrogens with zero attached hydrogens (tertiary/aromatic N) is 2. The fourth-order valence-corrected chi connectivity index (χ4v) is 5.33. The normalized spacial score (nSPS) is 15.9. The topological polar surface area (TPSA) is 156 Å². The number of primary amides is 1. The van der Waals surface area contributed by atoms with E-state index in [9.17, 15) is 14.4 Å². The van der Waals surface area contributed by atoms with Gasteiger partial charge in [-0.1, -0.05) is 30.3 Å². The van der Waals surface area contributed by atoms with Crippen LogP contribution in [0.4, 0.5) is 15.8 Å². The molecule has 6 N–H and O–H groups in total. The van der Waals surface area contributed by atoms with Gasteiger partial charge in [0.1, 0.15) is 16.7 Å². The number of aromatic amines is 1. The number of carbonyl (C=O) groups excluding carboxylic acids is 3. The average Bonchev–Trinajstić information content (AvgIpc) is 3.66. The SMILES string of the molecule is NC(=O)c1nsc(C(=O)N(c2ccccc2F)[C@H](C(=O)NC[C@@H]2CCCO2)c2c[nH]c3ccccc23)c1N. The molecule has 10 nitrogen and oxygen atoms in total. The molecule has 3 heterocycles. The van der Waals surface area contributed by atoms with E-state index in [0.717, 1.165) is 23.3 Å². The second-order valence-corrected chi connectivity index (χ2v) is 9.61. The minimum absolute atomic E-state index is 0.140. The number of nitrogen functional groups attached to an aromatic ring is 1. The molecule has 0 unspecified atom stereocenters. The lowest BCUT2D eigenvalue weighted by atomic mass is 10.0. The Kier molecular flexibility index (Phi) is 7.07. The van der Waals surface area contributed by atoms with Crippen LogP contribution in [0.2, 0.25) is 0 Å². The summed E-state index contributed by atoms with van der Waals surface area (Å²) in [6.07, 6.45) is 3.14. The summed E-state index contributed by atoms with van der Waals surface area (Å²) < 4.78 is 24.8. The largest absolute Gasteiger partial charge is 0.395 e. The van der Waals surface area contributed by atoms with Gasteiger partial charge in [0, 0.05) is 35.8 Å². The molecule has 0 bridgehead atoms. The molecule has 12 heteroatoms. The number of para-hydroxylation sites is 2. The maximum absolute atomic E-state index is 15.3. The quantitative estimate of drug-likeness (QED) is 0.271. The average molecular weight is 537 g/mol. The Bertz CT molecular complexity index is 1510. The Hall–Kier alpha value is -4.29. The molecule has 1 fully saturated rings. The van der Waals surface area contributed by atoms with Crippen molar-refractivity contribution >= 4 is 51.5 Å². The lowest BCUT2D eigenvalue weighted by Gasteiger charge is -2.31. The molecule has 0 radical (unpaired) electrons. The highest BCUT2D eigenvalue weighted by atomic mass is 32.1. The van der Waals surface area contributed by atoms with Gasteiger partial charge >= 0.3 is 0 Å². The Morgan fingerprint density at radius 2 is 1.97 bits per heavy atom. The predicted octanol–water partition coefficient (Wildman–Crippen LogP) is 3.13. The molecule has 2 aromatic heterocycles. The van der Waals surface area contributed by atoms with Gasteiger partial charge in [-0.15, -0.1) is 0 Å². The van der Waals surface area contributed by atoms with Crippen LogP contribution < -0.4 is 21.7 Å². The number of amides is 3. The van der Waals surface area contributed by atoms with E-state index in [0.29, 0.717) is 29.1 Å². The van der Waals surface area contributed by atoms with Gasteiger partial charge < -0.3 is 26.5 Å². The summed E-state index contributed by atoms with van der Waals surface area (Å²) >= 11 is 0.656. The highest BCUT2D eigenvalue weighted by molar-refractivity contribution is 7.09. The van der Waals surface area contributed by atoms with Gasteiger partial charge in [0.15, 0.2) is 5.69 Å². The minimum Gasteiger partial charge on any atom is -0.395 e. The summed E-state index contributed by atoms with van der Waals surface area (Å²) in [6.45, 7) is 0.838. The number of fused-ring (bicyclic) bond motifs is 1. The van der Waals surface area contributed by atoms with Crippen LogP contribution in [-0.2, 0) is 9.53 Å². The van der Waals surface area contributed by atoms with E-state index >= 15 is 4.39 Å².